The highest BCUT2D eigenvalue weighted by Crippen LogP contribution is 2.38. The molecule has 0 aliphatic rings. The molecule has 0 amide bonds. The third-order valence-electron chi connectivity index (χ3n) is 3.10. The average Bonchev–Trinajstić information content (AvgIpc) is 2.35. The van der Waals surface area contributed by atoms with Crippen molar-refractivity contribution in [3.8, 4) is 0 Å². The van der Waals surface area contributed by atoms with Crippen LogP contribution in [-0.4, -0.2) is 16.1 Å². The molecule has 0 spiro atoms. The maximum atomic E-state index is 13.2. The zero-order chi connectivity index (χ0) is 15.9. The number of hydrogen-bond donors (Lipinski definition) is 2. The molecule has 2 rings (SSSR count). The van der Waals surface area contributed by atoms with Crippen molar-refractivity contribution in [2.75, 3.05) is 0 Å². The Bertz CT molecular complexity index is 779. The van der Waals surface area contributed by atoms with Gasteiger partial charge >= 0.3 is 12.1 Å². The van der Waals surface area contributed by atoms with E-state index in [1.54, 1.807) is 0 Å². The number of benzene rings is 1. The zero-order valence-corrected chi connectivity index (χ0v) is 10.6. The molecule has 4 nitrogen and oxygen atoms in total. The summed E-state index contributed by atoms with van der Waals surface area (Å²) in [6, 6.07) is 2.52. The van der Waals surface area contributed by atoms with E-state index in [4.69, 9.17) is 5.11 Å². The number of alkyl halides is 3. The summed E-state index contributed by atoms with van der Waals surface area (Å²) >= 11 is 0. The molecule has 0 bridgehead atoms. The number of aromatic amines is 1. The van der Waals surface area contributed by atoms with Crippen LogP contribution in [0.15, 0.2) is 23.0 Å². The van der Waals surface area contributed by atoms with Crippen molar-refractivity contribution in [1.29, 1.82) is 0 Å². The molecule has 0 fully saturated rings. The van der Waals surface area contributed by atoms with Gasteiger partial charge in [0.15, 0.2) is 0 Å². The molecule has 0 aliphatic carbocycles. The van der Waals surface area contributed by atoms with Crippen molar-refractivity contribution >= 4 is 16.9 Å². The van der Waals surface area contributed by atoms with Gasteiger partial charge in [-0.05, 0) is 25.1 Å². The molecule has 0 saturated heterocycles. The number of H-pyrrole nitrogens is 1. The lowest BCUT2D eigenvalue weighted by atomic mass is 9.93. The van der Waals surface area contributed by atoms with E-state index in [1.807, 2.05) is 0 Å². The number of pyridine rings is 1. The minimum Gasteiger partial charge on any atom is -0.481 e. The molecular formula is C13H9F4NO3. The van der Waals surface area contributed by atoms with Gasteiger partial charge in [0.05, 0.1) is 11.5 Å². The Balaban J connectivity index is 3.00. The van der Waals surface area contributed by atoms with E-state index in [-0.39, 0.29) is 5.52 Å². The smallest absolute Gasteiger partial charge is 0.417 e. The predicted octanol–water partition coefficient (Wildman–Crippen LogP) is 2.87. The van der Waals surface area contributed by atoms with Gasteiger partial charge in [0.2, 0.25) is 0 Å². The second-order valence-corrected chi connectivity index (χ2v) is 4.49. The summed E-state index contributed by atoms with van der Waals surface area (Å²) in [5.41, 5.74) is -3.73. The number of carboxylic acids is 1. The highest BCUT2D eigenvalue weighted by molar-refractivity contribution is 5.86. The first-order valence-corrected chi connectivity index (χ1v) is 5.78. The van der Waals surface area contributed by atoms with Crippen molar-refractivity contribution in [1.82, 2.24) is 4.98 Å². The number of aliphatic carboxylic acids is 1. The van der Waals surface area contributed by atoms with Crippen molar-refractivity contribution in [3.05, 3.63) is 45.5 Å². The molecule has 0 aliphatic heterocycles. The Morgan fingerprint density at radius 1 is 1.33 bits per heavy atom. The van der Waals surface area contributed by atoms with Gasteiger partial charge in [-0.2, -0.15) is 13.2 Å². The lowest BCUT2D eigenvalue weighted by Crippen LogP contribution is -2.26. The first-order valence-electron chi connectivity index (χ1n) is 5.78. The zero-order valence-electron chi connectivity index (χ0n) is 10.6. The van der Waals surface area contributed by atoms with Crippen LogP contribution in [0.1, 0.15) is 24.0 Å². The SMILES string of the molecule is CC(C(=O)O)c1c(C(F)(F)F)c2cc(F)ccc2[nH]c1=O. The molecule has 2 aromatic rings. The molecule has 1 aromatic heterocycles. The molecule has 21 heavy (non-hydrogen) atoms. The highest BCUT2D eigenvalue weighted by Gasteiger charge is 2.39. The Morgan fingerprint density at radius 3 is 2.48 bits per heavy atom. The third-order valence-corrected chi connectivity index (χ3v) is 3.10. The molecule has 0 radical (unpaired) electrons. The number of fused-ring (bicyclic) bond motifs is 1. The molecule has 1 unspecified atom stereocenters. The largest absolute Gasteiger partial charge is 0.481 e. The summed E-state index contributed by atoms with van der Waals surface area (Å²) in [7, 11) is 0. The summed E-state index contributed by atoms with van der Waals surface area (Å²) in [5, 5.41) is 8.30. The number of hydrogen-bond acceptors (Lipinski definition) is 2. The molecule has 1 aromatic carbocycles. The van der Waals surface area contributed by atoms with Crippen LogP contribution in [0.4, 0.5) is 17.6 Å². The number of nitrogens with one attached hydrogen (secondary N) is 1. The lowest BCUT2D eigenvalue weighted by molar-refractivity contribution is -0.140. The van der Waals surface area contributed by atoms with E-state index < -0.39 is 46.0 Å². The van der Waals surface area contributed by atoms with Gasteiger partial charge in [0, 0.05) is 16.5 Å². The third kappa shape index (κ3) is 2.61. The van der Waals surface area contributed by atoms with Crippen LogP contribution in [0.2, 0.25) is 0 Å². The molecule has 8 heteroatoms. The van der Waals surface area contributed by atoms with Crippen molar-refractivity contribution in [3.63, 3.8) is 0 Å². The van der Waals surface area contributed by atoms with E-state index in [2.05, 4.69) is 4.98 Å². The molecule has 1 atom stereocenters. The number of carboxylic acid groups (broad SMARTS) is 1. The first kappa shape index (κ1) is 15.0. The normalized spacial score (nSPS) is 13.4. The Hall–Kier alpha value is -2.38. The van der Waals surface area contributed by atoms with Crippen LogP contribution < -0.4 is 5.56 Å². The standard InChI is InChI=1S/C13H9F4NO3/c1-5(12(20)21)9-10(13(15,16)17)7-4-6(14)2-3-8(7)18-11(9)19/h2-5H,1H3,(H,18,19)(H,20,21). The maximum Gasteiger partial charge on any atom is 0.417 e. The van der Waals surface area contributed by atoms with Gasteiger partial charge in [0.25, 0.3) is 5.56 Å². The first-order chi connectivity index (χ1) is 9.62. The van der Waals surface area contributed by atoms with Crippen molar-refractivity contribution in [2.45, 2.75) is 19.0 Å². The fraction of sp³-hybridized carbons (Fsp3) is 0.231. The van der Waals surface area contributed by atoms with E-state index >= 15 is 0 Å². The van der Waals surface area contributed by atoms with Crippen LogP contribution in [0.5, 0.6) is 0 Å². The average molecular weight is 303 g/mol. The van der Waals surface area contributed by atoms with E-state index in [9.17, 15) is 27.2 Å². The summed E-state index contributed by atoms with van der Waals surface area (Å²) in [5.74, 6) is -4.19. The molecular weight excluding hydrogens is 294 g/mol. The van der Waals surface area contributed by atoms with Gasteiger partial charge in [0.1, 0.15) is 5.82 Å². The maximum absolute atomic E-state index is 13.2. The Morgan fingerprint density at radius 2 is 1.95 bits per heavy atom. The minimum absolute atomic E-state index is 0.213. The predicted molar refractivity (Wildman–Crippen MR) is 65.6 cm³/mol. The molecule has 1 heterocycles. The molecule has 112 valence electrons. The van der Waals surface area contributed by atoms with Crippen molar-refractivity contribution < 1.29 is 27.5 Å². The van der Waals surface area contributed by atoms with Crippen LogP contribution in [0.3, 0.4) is 0 Å². The van der Waals surface area contributed by atoms with E-state index in [0.29, 0.717) is 6.07 Å². The summed E-state index contributed by atoms with van der Waals surface area (Å²) in [4.78, 5) is 24.9. The fourth-order valence-corrected chi connectivity index (χ4v) is 2.12. The van der Waals surface area contributed by atoms with Crippen LogP contribution >= 0.6 is 0 Å². The number of rotatable bonds is 2. The van der Waals surface area contributed by atoms with E-state index in [1.165, 1.54) is 0 Å². The fourth-order valence-electron chi connectivity index (χ4n) is 2.12. The Labute approximate surface area is 115 Å². The van der Waals surface area contributed by atoms with Gasteiger partial charge in [-0.25, -0.2) is 4.39 Å². The Kier molecular flexibility index (Phi) is 3.48. The van der Waals surface area contributed by atoms with Gasteiger partial charge < -0.3 is 10.1 Å². The quantitative estimate of drug-likeness (QED) is 0.838. The summed E-state index contributed by atoms with van der Waals surface area (Å²) in [6.45, 7) is 0.966. The monoisotopic (exact) mass is 303 g/mol. The van der Waals surface area contributed by atoms with Crippen molar-refractivity contribution in [2.24, 2.45) is 0 Å². The number of aromatic nitrogens is 1. The highest BCUT2D eigenvalue weighted by atomic mass is 19.4. The topological polar surface area (TPSA) is 70.2 Å². The van der Waals surface area contributed by atoms with Crippen LogP contribution in [0.25, 0.3) is 10.9 Å². The summed E-state index contributed by atoms with van der Waals surface area (Å²) in [6.07, 6.45) is -4.99. The molecule has 2 N–H and O–H groups in total. The van der Waals surface area contributed by atoms with Crippen LogP contribution in [0, 0.1) is 5.82 Å². The van der Waals surface area contributed by atoms with Crippen LogP contribution in [-0.2, 0) is 11.0 Å². The van der Waals surface area contributed by atoms with E-state index in [0.717, 1.165) is 19.1 Å². The van der Waals surface area contributed by atoms with Gasteiger partial charge in [-0.1, -0.05) is 0 Å². The lowest BCUT2D eigenvalue weighted by Gasteiger charge is -2.17. The molecule has 0 saturated carbocycles. The number of carbonyl (C=O) groups is 1. The second kappa shape index (κ2) is 4.87. The second-order valence-electron chi connectivity index (χ2n) is 4.49. The number of halogens is 4. The summed E-state index contributed by atoms with van der Waals surface area (Å²) < 4.78 is 53.0. The minimum atomic E-state index is -4.99. The van der Waals surface area contributed by atoms with Gasteiger partial charge in [-0.3, -0.25) is 9.59 Å². The van der Waals surface area contributed by atoms with Gasteiger partial charge in [-0.15, -0.1) is 0 Å².